The Morgan fingerprint density at radius 3 is 2.68 bits per heavy atom. The molecule has 0 amide bonds. The molecule has 1 aliphatic heterocycles. The van der Waals surface area contributed by atoms with E-state index < -0.39 is 0 Å². The Hall–Kier alpha value is -2.17. The van der Waals surface area contributed by atoms with E-state index in [2.05, 4.69) is 62.7 Å². The van der Waals surface area contributed by atoms with Gasteiger partial charge in [-0.15, -0.1) is 5.10 Å². The number of benzene rings is 1. The number of anilines is 2. The van der Waals surface area contributed by atoms with Gasteiger partial charge in [-0.25, -0.2) is 0 Å². The fourth-order valence-corrected chi connectivity index (χ4v) is 3.41. The summed E-state index contributed by atoms with van der Waals surface area (Å²) in [7, 11) is 0. The van der Waals surface area contributed by atoms with E-state index in [1.165, 1.54) is 37.7 Å². The van der Waals surface area contributed by atoms with Gasteiger partial charge < -0.3 is 10.2 Å². The number of rotatable bonds is 8. The van der Waals surface area contributed by atoms with Crippen molar-refractivity contribution < 1.29 is 0 Å². The van der Waals surface area contributed by atoms with E-state index in [4.69, 9.17) is 0 Å². The average Bonchev–Trinajstić information content (AvgIpc) is 2.67. The predicted molar refractivity (Wildman–Crippen MR) is 103 cm³/mol. The van der Waals surface area contributed by atoms with Gasteiger partial charge in [0.25, 0.3) is 0 Å². The zero-order valence-corrected chi connectivity index (χ0v) is 15.2. The van der Waals surface area contributed by atoms with Crippen molar-refractivity contribution in [2.24, 2.45) is 5.92 Å². The summed E-state index contributed by atoms with van der Waals surface area (Å²) in [5.74, 6) is 2.37. The zero-order valence-electron chi connectivity index (χ0n) is 15.2. The Kier molecular flexibility index (Phi) is 6.60. The molecule has 1 N–H and O–H groups in total. The largest absolute Gasteiger partial charge is 0.355 e. The molecule has 1 aromatic carbocycles. The van der Waals surface area contributed by atoms with Crippen LogP contribution in [-0.2, 0) is 6.42 Å². The van der Waals surface area contributed by atoms with E-state index in [1.807, 2.05) is 0 Å². The molecular weight excluding hydrogens is 310 g/mol. The van der Waals surface area contributed by atoms with Crippen LogP contribution >= 0.6 is 0 Å². The second-order valence-corrected chi connectivity index (χ2v) is 6.89. The van der Waals surface area contributed by atoms with Crippen LogP contribution in [0.15, 0.2) is 36.5 Å². The Morgan fingerprint density at radius 1 is 1.12 bits per heavy atom. The van der Waals surface area contributed by atoms with Crippen molar-refractivity contribution in [2.75, 3.05) is 29.9 Å². The summed E-state index contributed by atoms with van der Waals surface area (Å²) in [5, 5.41) is 11.5. The summed E-state index contributed by atoms with van der Waals surface area (Å²) in [4.78, 5) is 6.98. The average molecular weight is 339 g/mol. The molecule has 0 unspecified atom stereocenters. The SMILES string of the molecule is CCCCCNc1nncc(N2CCC(Cc3ccccc3)CC2)n1. The minimum absolute atomic E-state index is 0.653. The summed E-state index contributed by atoms with van der Waals surface area (Å²) in [6.45, 7) is 5.22. The van der Waals surface area contributed by atoms with Gasteiger partial charge in [0.2, 0.25) is 5.95 Å². The van der Waals surface area contributed by atoms with Gasteiger partial charge in [0, 0.05) is 19.6 Å². The Balaban J connectivity index is 1.49. The highest BCUT2D eigenvalue weighted by atomic mass is 15.3. The Labute approximate surface area is 150 Å². The molecule has 2 heterocycles. The van der Waals surface area contributed by atoms with Gasteiger partial charge in [0.05, 0.1) is 6.20 Å². The van der Waals surface area contributed by atoms with Gasteiger partial charge in [-0.1, -0.05) is 50.1 Å². The monoisotopic (exact) mass is 339 g/mol. The first-order valence-electron chi connectivity index (χ1n) is 9.57. The van der Waals surface area contributed by atoms with Crippen LogP contribution in [0.1, 0.15) is 44.6 Å². The standard InChI is InChI=1S/C20H29N5/c1-2-3-7-12-21-20-23-19(16-22-24-20)25-13-10-18(11-14-25)15-17-8-5-4-6-9-17/h4-6,8-9,16,18H,2-3,7,10-15H2,1H3,(H,21,23,24). The second kappa shape index (κ2) is 9.35. The Morgan fingerprint density at radius 2 is 1.92 bits per heavy atom. The van der Waals surface area contributed by atoms with Gasteiger partial charge >= 0.3 is 0 Å². The number of nitrogens with one attached hydrogen (secondary N) is 1. The smallest absolute Gasteiger partial charge is 0.244 e. The van der Waals surface area contributed by atoms with Crippen molar-refractivity contribution in [3.63, 3.8) is 0 Å². The highest BCUT2D eigenvalue weighted by Crippen LogP contribution is 2.24. The van der Waals surface area contributed by atoms with E-state index in [0.29, 0.717) is 5.95 Å². The molecule has 0 bridgehead atoms. The molecule has 0 radical (unpaired) electrons. The number of hydrogen-bond donors (Lipinski definition) is 1. The molecular formula is C20H29N5. The van der Waals surface area contributed by atoms with Crippen LogP contribution in [0.3, 0.4) is 0 Å². The van der Waals surface area contributed by atoms with Crippen molar-refractivity contribution in [1.82, 2.24) is 15.2 Å². The quantitative estimate of drug-likeness (QED) is 0.739. The summed E-state index contributed by atoms with van der Waals surface area (Å²) >= 11 is 0. The summed E-state index contributed by atoms with van der Waals surface area (Å²) in [6, 6.07) is 10.8. The summed E-state index contributed by atoms with van der Waals surface area (Å²) in [6.07, 6.45) is 8.98. The maximum absolute atomic E-state index is 4.64. The second-order valence-electron chi connectivity index (χ2n) is 6.89. The van der Waals surface area contributed by atoms with Crippen LogP contribution < -0.4 is 10.2 Å². The molecule has 0 saturated carbocycles. The van der Waals surface area contributed by atoms with Gasteiger partial charge in [-0.05, 0) is 37.2 Å². The van der Waals surface area contributed by atoms with Gasteiger partial charge in [-0.2, -0.15) is 10.1 Å². The van der Waals surface area contributed by atoms with Crippen LogP contribution in [0.4, 0.5) is 11.8 Å². The third-order valence-electron chi connectivity index (χ3n) is 4.92. The fourth-order valence-electron chi connectivity index (χ4n) is 3.41. The van der Waals surface area contributed by atoms with Crippen LogP contribution in [-0.4, -0.2) is 34.8 Å². The number of unbranched alkanes of at least 4 members (excludes halogenated alkanes) is 2. The first kappa shape index (κ1) is 17.6. The summed E-state index contributed by atoms with van der Waals surface area (Å²) in [5.41, 5.74) is 1.45. The molecule has 2 aromatic rings. The normalized spacial score (nSPS) is 15.3. The molecule has 25 heavy (non-hydrogen) atoms. The van der Waals surface area contributed by atoms with E-state index in [-0.39, 0.29) is 0 Å². The van der Waals surface area contributed by atoms with E-state index in [9.17, 15) is 0 Å². The van der Waals surface area contributed by atoms with Crippen LogP contribution in [0.5, 0.6) is 0 Å². The number of hydrogen-bond acceptors (Lipinski definition) is 5. The van der Waals surface area contributed by atoms with Crippen molar-refractivity contribution in [3.05, 3.63) is 42.1 Å². The molecule has 5 heteroatoms. The highest BCUT2D eigenvalue weighted by molar-refractivity contribution is 5.40. The molecule has 1 fully saturated rings. The van der Waals surface area contributed by atoms with Gasteiger partial charge in [0.15, 0.2) is 5.82 Å². The number of nitrogens with zero attached hydrogens (tertiary/aromatic N) is 4. The van der Waals surface area contributed by atoms with Crippen LogP contribution in [0, 0.1) is 5.92 Å². The molecule has 1 aromatic heterocycles. The molecule has 0 aliphatic carbocycles. The van der Waals surface area contributed by atoms with E-state index >= 15 is 0 Å². The highest BCUT2D eigenvalue weighted by Gasteiger charge is 2.21. The third kappa shape index (κ3) is 5.41. The topological polar surface area (TPSA) is 53.9 Å². The Bertz CT molecular complexity index is 623. The lowest BCUT2D eigenvalue weighted by molar-refractivity contribution is 0.402. The molecule has 1 saturated heterocycles. The van der Waals surface area contributed by atoms with Gasteiger partial charge in [-0.3, -0.25) is 0 Å². The lowest BCUT2D eigenvalue weighted by Crippen LogP contribution is -2.35. The van der Waals surface area contributed by atoms with Crippen molar-refractivity contribution in [1.29, 1.82) is 0 Å². The summed E-state index contributed by atoms with van der Waals surface area (Å²) < 4.78 is 0. The van der Waals surface area contributed by atoms with Crippen molar-refractivity contribution >= 4 is 11.8 Å². The maximum Gasteiger partial charge on any atom is 0.244 e. The van der Waals surface area contributed by atoms with Gasteiger partial charge in [0.1, 0.15) is 0 Å². The molecule has 0 spiro atoms. The first-order valence-corrected chi connectivity index (χ1v) is 9.57. The third-order valence-corrected chi connectivity index (χ3v) is 4.92. The van der Waals surface area contributed by atoms with Crippen molar-refractivity contribution in [2.45, 2.75) is 45.4 Å². The minimum atomic E-state index is 0.653. The molecule has 0 atom stereocenters. The molecule has 5 nitrogen and oxygen atoms in total. The zero-order chi connectivity index (χ0) is 17.3. The lowest BCUT2D eigenvalue weighted by atomic mass is 9.90. The predicted octanol–water partition coefficient (Wildman–Crippen LogP) is 3.93. The molecule has 1 aliphatic rings. The van der Waals surface area contributed by atoms with Crippen molar-refractivity contribution in [3.8, 4) is 0 Å². The fraction of sp³-hybridized carbons (Fsp3) is 0.550. The number of piperidine rings is 1. The first-order chi connectivity index (χ1) is 12.3. The van der Waals surface area contributed by atoms with Crippen LogP contribution in [0.25, 0.3) is 0 Å². The molecule has 3 rings (SSSR count). The minimum Gasteiger partial charge on any atom is -0.355 e. The van der Waals surface area contributed by atoms with E-state index in [1.54, 1.807) is 6.20 Å². The van der Waals surface area contributed by atoms with Crippen LogP contribution in [0.2, 0.25) is 0 Å². The molecule has 134 valence electrons. The number of aromatic nitrogens is 3. The maximum atomic E-state index is 4.64. The lowest BCUT2D eigenvalue weighted by Gasteiger charge is -2.32. The van der Waals surface area contributed by atoms with E-state index in [0.717, 1.165) is 37.8 Å².